The summed E-state index contributed by atoms with van der Waals surface area (Å²) >= 11 is 0. The maximum absolute atomic E-state index is 13.8. The van der Waals surface area contributed by atoms with Gasteiger partial charge in [-0.1, -0.05) is 53.2 Å². The first-order valence-corrected chi connectivity index (χ1v) is 13.7. The summed E-state index contributed by atoms with van der Waals surface area (Å²) in [6.07, 6.45) is 3.30. The van der Waals surface area contributed by atoms with Crippen LogP contribution < -0.4 is 9.47 Å². The van der Waals surface area contributed by atoms with E-state index in [1.54, 1.807) is 6.07 Å². The molecule has 0 aliphatic rings. The molecule has 1 atom stereocenters. The summed E-state index contributed by atoms with van der Waals surface area (Å²) < 4.78 is 11.5. The van der Waals surface area contributed by atoms with Crippen LogP contribution in [0.3, 0.4) is 0 Å². The zero-order chi connectivity index (χ0) is 27.9. The molecule has 206 valence electrons. The number of hydrogen-bond acceptors (Lipinski definition) is 5. The molecule has 0 amide bonds. The van der Waals surface area contributed by atoms with Crippen LogP contribution in [0.2, 0.25) is 0 Å². The van der Waals surface area contributed by atoms with Crippen molar-refractivity contribution >= 4 is 5.78 Å². The van der Waals surface area contributed by atoms with Crippen LogP contribution in [0.1, 0.15) is 116 Å². The highest BCUT2D eigenvalue weighted by Crippen LogP contribution is 2.36. The minimum atomic E-state index is -0.704. The van der Waals surface area contributed by atoms with Gasteiger partial charge in [0.05, 0.1) is 18.8 Å². The Hall–Kier alpha value is -2.37. The fraction of sp³-hybridized carbons (Fsp3) is 0.594. The molecule has 1 unspecified atom stereocenters. The summed E-state index contributed by atoms with van der Waals surface area (Å²) in [5.74, 6) is 1.19. The van der Waals surface area contributed by atoms with E-state index in [-0.39, 0.29) is 11.2 Å². The van der Waals surface area contributed by atoms with Crippen LogP contribution in [0.15, 0.2) is 36.4 Å². The molecule has 0 N–H and O–H groups in total. The molecule has 0 aliphatic heterocycles. The summed E-state index contributed by atoms with van der Waals surface area (Å²) in [6, 6.07) is 11.5. The predicted molar refractivity (Wildman–Crippen MR) is 151 cm³/mol. The average molecular weight is 513 g/mol. The number of rotatable bonds is 14. The molecule has 2 rings (SSSR count). The molecule has 0 saturated carbocycles. The highest BCUT2D eigenvalue weighted by molar-refractivity contribution is 6.10. The molecule has 5 heteroatoms. The lowest BCUT2D eigenvalue weighted by molar-refractivity contribution is -0.413. The lowest BCUT2D eigenvalue weighted by atomic mass is 9.84. The van der Waals surface area contributed by atoms with E-state index >= 15 is 0 Å². The molecule has 2 aromatic rings. The van der Waals surface area contributed by atoms with Gasteiger partial charge in [-0.25, -0.2) is 9.78 Å². The summed E-state index contributed by atoms with van der Waals surface area (Å²) in [5, 5.41) is 0. The van der Waals surface area contributed by atoms with Crippen LogP contribution in [0.4, 0.5) is 0 Å². The summed E-state index contributed by atoms with van der Waals surface area (Å²) in [7, 11) is 0. The van der Waals surface area contributed by atoms with Gasteiger partial charge in [0.2, 0.25) is 0 Å². The van der Waals surface area contributed by atoms with E-state index in [0.717, 1.165) is 30.4 Å². The van der Waals surface area contributed by atoms with Crippen molar-refractivity contribution in [2.75, 3.05) is 13.2 Å². The number of ether oxygens (including phenoxy) is 2. The van der Waals surface area contributed by atoms with E-state index in [1.165, 1.54) is 0 Å². The molecule has 0 spiro atoms. The van der Waals surface area contributed by atoms with Crippen molar-refractivity contribution in [2.45, 2.75) is 106 Å². The number of aryl methyl sites for hydroxylation is 1. The van der Waals surface area contributed by atoms with Crippen molar-refractivity contribution in [1.29, 1.82) is 0 Å². The zero-order valence-corrected chi connectivity index (χ0v) is 24.7. The normalized spacial score (nSPS) is 13.8. The molecule has 0 aromatic heterocycles. The van der Waals surface area contributed by atoms with E-state index in [4.69, 9.17) is 19.2 Å². The Morgan fingerprint density at radius 1 is 0.784 bits per heavy atom. The average Bonchev–Trinajstić information content (AvgIpc) is 2.82. The quantitative estimate of drug-likeness (QED) is 0.144. The van der Waals surface area contributed by atoms with Crippen molar-refractivity contribution in [3.63, 3.8) is 0 Å². The third-order valence-electron chi connectivity index (χ3n) is 6.37. The Labute approximate surface area is 224 Å². The minimum Gasteiger partial charge on any atom is -0.490 e. The molecule has 37 heavy (non-hydrogen) atoms. The van der Waals surface area contributed by atoms with Crippen LogP contribution in [-0.2, 0) is 21.8 Å². The van der Waals surface area contributed by atoms with Crippen LogP contribution in [-0.4, -0.2) is 24.6 Å². The van der Waals surface area contributed by atoms with Gasteiger partial charge in [0.1, 0.15) is 5.60 Å². The lowest BCUT2D eigenvalue weighted by Gasteiger charge is -2.36. The van der Waals surface area contributed by atoms with Crippen molar-refractivity contribution < 1.29 is 24.0 Å². The van der Waals surface area contributed by atoms with Gasteiger partial charge >= 0.3 is 0 Å². The molecule has 0 radical (unpaired) electrons. The first kappa shape index (κ1) is 30.9. The second-order valence-corrected chi connectivity index (χ2v) is 11.7. The van der Waals surface area contributed by atoms with Crippen molar-refractivity contribution in [2.24, 2.45) is 5.41 Å². The van der Waals surface area contributed by atoms with Crippen molar-refractivity contribution in [3.8, 4) is 11.5 Å². The largest absolute Gasteiger partial charge is 0.490 e. The molecule has 0 aliphatic carbocycles. The molecule has 2 aromatic carbocycles. The summed E-state index contributed by atoms with van der Waals surface area (Å²) in [6.45, 7) is 21.8. The number of ketones is 1. The smallest absolute Gasteiger partial charge is 0.193 e. The van der Waals surface area contributed by atoms with Gasteiger partial charge in [-0.2, -0.15) is 0 Å². The van der Waals surface area contributed by atoms with Crippen LogP contribution in [0.5, 0.6) is 11.5 Å². The van der Waals surface area contributed by atoms with Crippen molar-refractivity contribution in [3.05, 3.63) is 58.7 Å². The predicted octanol–water partition coefficient (Wildman–Crippen LogP) is 8.46. The van der Waals surface area contributed by atoms with E-state index < -0.39 is 11.2 Å². The Bertz CT molecular complexity index is 1030. The third-order valence-corrected chi connectivity index (χ3v) is 6.37. The highest BCUT2D eigenvalue weighted by atomic mass is 17.2. The van der Waals surface area contributed by atoms with E-state index in [0.29, 0.717) is 42.3 Å². The monoisotopic (exact) mass is 512 g/mol. The van der Waals surface area contributed by atoms with Gasteiger partial charge in [0.15, 0.2) is 17.3 Å². The third kappa shape index (κ3) is 8.58. The lowest BCUT2D eigenvalue weighted by Crippen LogP contribution is -2.35. The second kappa shape index (κ2) is 12.9. The van der Waals surface area contributed by atoms with Gasteiger partial charge in [0, 0.05) is 11.1 Å². The van der Waals surface area contributed by atoms with E-state index in [9.17, 15) is 4.79 Å². The Morgan fingerprint density at radius 2 is 1.43 bits per heavy atom. The maximum Gasteiger partial charge on any atom is 0.193 e. The molecular weight excluding hydrogens is 464 g/mol. The molecule has 0 fully saturated rings. The standard InChI is InChI=1S/C32H48O5/c1-11-15-23-16-18-25(32(10,12-2)37-36-31(8,9)22-30(5,6)7)21-26(23)29(33)24-17-19-27(34-13-3)28(20-24)35-14-4/h16-21H,11-15,22H2,1-10H3. The van der Waals surface area contributed by atoms with Crippen molar-refractivity contribution in [1.82, 2.24) is 0 Å². The zero-order valence-electron chi connectivity index (χ0n) is 24.7. The first-order chi connectivity index (χ1) is 17.3. The number of hydrogen-bond donors (Lipinski definition) is 0. The van der Waals surface area contributed by atoms with Gasteiger partial charge < -0.3 is 9.47 Å². The first-order valence-electron chi connectivity index (χ1n) is 13.7. The highest BCUT2D eigenvalue weighted by Gasteiger charge is 2.34. The topological polar surface area (TPSA) is 54.0 Å². The van der Waals surface area contributed by atoms with Gasteiger partial charge in [-0.15, -0.1) is 0 Å². The number of carbonyl (C=O) groups is 1. The number of carbonyl (C=O) groups excluding carboxylic acids is 1. The van der Waals surface area contributed by atoms with E-state index in [2.05, 4.69) is 60.6 Å². The van der Waals surface area contributed by atoms with Crippen LogP contribution >= 0.6 is 0 Å². The van der Waals surface area contributed by atoms with Crippen LogP contribution in [0.25, 0.3) is 0 Å². The Balaban J connectivity index is 2.46. The Morgan fingerprint density at radius 3 is 2.00 bits per heavy atom. The van der Waals surface area contributed by atoms with Gasteiger partial charge in [-0.3, -0.25) is 4.79 Å². The summed E-state index contributed by atoms with van der Waals surface area (Å²) in [4.78, 5) is 26.0. The maximum atomic E-state index is 13.8. The van der Waals surface area contributed by atoms with Crippen LogP contribution in [0, 0.1) is 5.41 Å². The molecule has 0 saturated heterocycles. The second-order valence-electron chi connectivity index (χ2n) is 11.7. The molecule has 0 bridgehead atoms. The molecule has 0 heterocycles. The van der Waals surface area contributed by atoms with Gasteiger partial charge in [0.25, 0.3) is 0 Å². The number of benzene rings is 2. The van der Waals surface area contributed by atoms with E-state index in [1.807, 2.05) is 39.0 Å². The minimum absolute atomic E-state index is 0.0401. The Kier molecular flexibility index (Phi) is 10.8. The fourth-order valence-corrected chi connectivity index (χ4v) is 4.77. The molecule has 5 nitrogen and oxygen atoms in total. The fourth-order valence-electron chi connectivity index (χ4n) is 4.77. The SMILES string of the molecule is CCCc1ccc(C(C)(CC)OOC(C)(C)CC(C)(C)C)cc1C(=O)c1ccc(OCC)c(OCC)c1. The molecular formula is C32H48O5. The summed E-state index contributed by atoms with van der Waals surface area (Å²) in [5.41, 5.74) is 2.15. The van der Waals surface area contributed by atoms with Gasteiger partial charge in [-0.05, 0) is 94.7 Å².